The molecule has 0 aliphatic rings. The van der Waals surface area contributed by atoms with Gasteiger partial charge in [0.15, 0.2) is 6.29 Å². The molecule has 4 heteroatoms. The zero-order chi connectivity index (χ0) is 13.8. The van der Waals surface area contributed by atoms with Crippen LogP contribution in [-0.4, -0.2) is 29.7 Å². The number of hydrogen-bond donors (Lipinski definition) is 1. The first-order valence-corrected chi connectivity index (χ1v) is 7.17. The summed E-state index contributed by atoms with van der Waals surface area (Å²) < 4.78 is 0. The van der Waals surface area contributed by atoms with E-state index in [1.807, 2.05) is 33.1 Å². The van der Waals surface area contributed by atoms with Gasteiger partial charge in [0.1, 0.15) is 0 Å². The zero-order valence-electron chi connectivity index (χ0n) is 11.2. The minimum absolute atomic E-state index is 0.186. The third-order valence-corrected chi connectivity index (χ3v) is 3.63. The fourth-order valence-electron chi connectivity index (χ4n) is 1.87. The minimum atomic E-state index is -0.293. The standard InChI is InChI=1S/C14H19NO2S/c1-10-6-5-7-11(8-16)12(10)13(17)15-14(2,3)9-18-4/h5-8H,9H2,1-4H3,(H,15,17). The summed E-state index contributed by atoms with van der Waals surface area (Å²) in [5, 5.41) is 2.97. The maximum atomic E-state index is 12.3. The summed E-state index contributed by atoms with van der Waals surface area (Å²) in [6, 6.07) is 5.28. The highest BCUT2D eigenvalue weighted by molar-refractivity contribution is 7.98. The van der Waals surface area contributed by atoms with E-state index in [9.17, 15) is 9.59 Å². The fraction of sp³-hybridized carbons (Fsp3) is 0.429. The van der Waals surface area contributed by atoms with Crippen molar-refractivity contribution in [3.63, 3.8) is 0 Å². The highest BCUT2D eigenvalue weighted by atomic mass is 32.2. The molecule has 0 aromatic heterocycles. The van der Waals surface area contributed by atoms with E-state index in [0.29, 0.717) is 11.1 Å². The highest BCUT2D eigenvalue weighted by Gasteiger charge is 2.22. The molecule has 0 fully saturated rings. The Morgan fingerprint density at radius 2 is 2.11 bits per heavy atom. The van der Waals surface area contributed by atoms with E-state index in [1.165, 1.54) is 0 Å². The molecule has 0 saturated heterocycles. The molecular weight excluding hydrogens is 246 g/mol. The molecule has 0 unspecified atom stereocenters. The first-order chi connectivity index (χ1) is 8.41. The predicted molar refractivity (Wildman–Crippen MR) is 76.5 cm³/mol. The van der Waals surface area contributed by atoms with Crippen LogP contribution in [0.25, 0.3) is 0 Å². The molecule has 1 N–H and O–H groups in total. The highest BCUT2D eigenvalue weighted by Crippen LogP contribution is 2.16. The zero-order valence-corrected chi connectivity index (χ0v) is 12.1. The molecule has 0 saturated carbocycles. The molecule has 1 rings (SSSR count). The van der Waals surface area contributed by atoms with Crippen LogP contribution in [-0.2, 0) is 0 Å². The predicted octanol–water partition coefficient (Wildman–Crippen LogP) is 2.68. The lowest BCUT2D eigenvalue weighted by atomic mass is 10.00. The van der Waals surface area contributed by atoms with Gasteiger partial charge in [0.2, 0.25) is 0 Å². The van der Waals surface area contributed by atoms with Gasteiger partial charge < -0.3 is 5.32 Å². The van der Waals surface area contributed by atoms with E-state index in [4.69, 9.17) is 0 Å². The van der Waals surface area contributed by atoms with Crippen LogP contribution < -0.4 is 5.32 Å². The number of benzene rings is 1. The molecule has 0 atom stereocenters. The van der Waals surface area contributed by atoms with Crippen molar-refractivity contribution in [2.75, 3.05) is 12.0 Å². The average molecular weight is 265 g/mol. The molecule has 0 heterocycles. The number of nitrogens with one attached hydrogen (secondary N) is 1. The van der Waals surface area contributed by atoms with Gasteiger partial charge in [-0.2, -0.15) is 11.8 Å². The number of thioether (sulfide) groups is 1. The van der Waals surface area contributed by atoms with Crippen molar-refractivity contribution < 1.29 is 9.59 Å². The lowest BCUT2D eigenvalue weighted by Gasteiger charge is -2.26. The number of carbonyl (C=O) groups excluding carboxylic acids is 2. The van der Waals surface area contributed by atoms with Crippen LogP contribution in [0.2, 0.25) is 0 Å². The molecule has 0 spiro atoms. The van der Waals surface area contributed by atoms with Gasteiger partial charge in [-0.1, -0.05) is 18.2 Å². The van der Waals surface area contributed by atoms with Crippen LogP contribution in [0.1, 0.15) is 40.1 Å². The van der Waals surface area contributed by atoms with Crippen LogP contribution in [0.3, 0.4) is 0 Å². The minimum Gasteiger partial charge on any atom is -0.346 e. The Kier molecular flexibility index (Phi) is 4.96. The average Bonchev–Trinajstić information content (AvgIpc) is 2.27. The van der Waals surface area contributed by atoms with E-state index >= 15 is 0 Å². The second kappa shape index (κ2) is 6.05. The first kappa shape index (κ1) is 14.8. The summed E-state index contributed by atoms with van der Waals surface area (Å²) in [5.41, 5.74) is 1.44. The molecular formula is C14H19NO2S. The van der Waals surface area contributed by atoms with Crippen LogP contribution in [0.5, 0.6) is 0 Å². The van der Waals surface area contributed by atoms with Gasteiger partial charge in [0.25, 0.3) is 5.91 Å². The van der Waals surface area contributed by atoms with Gasteiger partial charge >= 0.3 is 0 Å². The van der Waals surface area contributed by atoms with Gasteiger partial charge in [-0.15, -0.1) is 0 Å². The maximum Gasteiger partial charge on any atom is 0.252 e. The number of carbonyl (C=O) groups is 2. The number of rotatable bonds is 5. The lowest BCUT2D eigenvalue weighted by molar-refractivity contribution is 0.0915. The number of aryl methyl sites for hydroxylation is 1. The van der Waals surface area contributed by atoms with Crippen molar-refractivity contribution in [2.45, 2.75) is 26.3 Å². The Bertz CT molecular complexity index is 455. The van der Waals surface area contributed by atoms with Crippen molar-refractivity contribution in [1.29, 1.82) is 0 Å². The fourth-order valence-corrected chi connectivity index (χ4v) is 2.66. The summed E-state index contributed by atoms with van der Waals surface area (Å²) in [6.07, 6.45) is 2.72. The number of amides is 1. The molecule has 98 valence electrons. The Balaban J connectivity index is 3.01. The SMILES string of the molecule is CSCC(C)(C)NC(=O)c1c(C)cccc1C=O. The summed E-state index contributed by atoms with van der Waals surface area (Å²) in [6.45, 7) is 5.78. The van der Waals surface area contributed by atoms with Gasteiger partial charge in [0, 0.05) is 16.9 Å². The Morgan fingerprint density at radius 3 is 2.67 bits per heavy atom. The summed E-state index contributed by atoms with van der Waals surface area (Å²) in [5.74, 6) is 0.635. The molecule has 1 amide bonds. The van der Waals surface area contributed by atoms with Gasteiger partial charge in [0.05, 0.1) is 5.56 Å². The molecule has 0 bridgehead atoms. The van der Waals surface area contributed by atoms with Crippen molar-refractivity contribution in [3.05, 3.63) is 34.9 Å². The Morgan fingerprint density at radius 1 is 1.44 bits per heavy atom. The Labute approximate surface area is 112 Å². The first-order valence-electron chi connectivity index (χ1n) is 5.77. The summed E-state index contributed by atoms with van der Waals surface area (Å²) in [7, 11) is 0. The second-order valence-electron chi connectivity index (χ2n) is 4.93. The molecule has 0 aliphatic carbocycles. The third-order valence-electron chi connectivity index (χ3n) is 2.62. The van der Waals surface area contributed by atoms with Crippen molar-refractivity contribution in [3.8, 4) is 0 Å². The van der Waals surface area contributed by atoms with Crippen LogP contribution in [0.4, 0.5) is 0 Å². The van der Waals surface area contributed by atoms with Crippen LogP contribution in [0.15, 0.2) is 18.2 Å². The largest absolute Gasteiger partial charge is 0.346 e. The summed E-state index contributed by atoms with van der Waals surface area (Å²) >= 11 is 1.68. The van der Waals surface area contributed by atoms with E-state index < -0.39 is 0 Å². The Hall–Kier alpha value is -1.29. The third kappa shape index (κ3) is 3.60. The summed E-state index contributed by atoms with van der Waals surface area (Å²) in [4.78, 5) is 23.2. The molecule has 18 heavy (non-hydrogen) atoms. The van der Waals surface area contributed by atoms with E-state index in [0.717, 1.165) is 17.6 Å². The van der Waals surface area contributed by atoms with Gasteiger partial charge in [-0.05, 0) is 32.6 Å². The number of aldehydes is 1. The number of hydrogen-bond acceptors (Lipinski definition) is 3. The maximum absolute atomic E-state index is 12.3. The normalized spacial score (nSPS) is 11.1. The molecule has 0 radical (unpaired) electrons. The smallest absolute Gasteiger partial charge is 0.252 e. The monoisotopic (exact) mass is 265 g/mol. The topological polar surface area (TPSA) is 46.2 Å². The quantitative estimate of drug-likeness (QED) is 0.833. The van der Waals surface area contributed by atoms with Crippen molar-refractivity contribution in [2.24, 2.45) is 0 Å². The second-order valence-corrected chi connectivity index (χ2v) is 5.79. The molecule has 1 aromatic carbocycles. The van der Waals surface area contributed by atoms with E-state index in [2.05, 4.69) is 5.32 Å². The molecule has 3 nitrogen and oxygen atoms in total. The van der Waals surface area contributed by atoms with Crippen molar-refractivity contribution >= 4 is 24.0 Å². The van der Waals surface area contributed by atoms with Crippen molar-refractivity contribution in [1.82, 2.24) is 5.32 Å². The van der Waals surface area contributed by atoms with Crippen LogP contribution >= 0.6 is 11.8 Å². The van der Waals surface area contributed by atoms with E-state index in [-0.39, 0.29) is 11.4 Å². The van der Waals surface area contributed by atoms with Gasteiger partial charge in [-0.25, -0.2) is 0 Å². The molecule has 1 aromatic rings. The molecule has 0 aliphatic heterocycles. The van der Waals surface area contributed by atoms with Gasteiger partial charge in [-0.3, -0.25) is 9.59 Å². The lowest BCUT2D eigenvalue weighted by Crippen LogP contribution is -2.45. The van der Waals surface area contributed by atoms with Crippen LogP contribution in [0, 0.1) is 6.92 Å². The van der Waals surface area contributed by atoms with E-state index in [1.54, 1.807) is 23.9 Å².